The lowest BCUT2D eigenvalue weighted by Gasteiger charge is -2.18. The Labute approximate surface area is 139 Å². The van der Waals surface area contributed by atoms with Crippen LogP contribution in [0.15, 0.2) is 48.9 Å². The molecule has 0 amide bonds. The number of benzene rings is 1. The first-order valence-corrected chi connectivity index (χ1v) is 7.60. The second-order valence-electron chi connectivity index (χ2n) is 5.61. The SMILES string of the molecule is Cc1cc(Nc2cnccn2)nc(N)c1C(C)c1ccc(F)cc1. The van der Waals surface area contributed by atoms with Gasteiger partial charge in [0.25, 0.3) is 0 Å². The monoisotopic (exact) mass is 323 g/mol. The van der Waals surface area contributed by atoms with Gasteiger partial charge in [-0.1, -0.05) is 19.1 Å². The predicted octanol–water partition coefficient (Wildman–Crippen LogP) is 3.80. The van der Waals surface area contributed by atoms with Crippen LogP contribution < -0.4 is 11.1 Å². The lowest BCUT2D eigenvalue weighted by atomic mass is 9.90. The molecule has 1 aromatic carbocycles. The first kappa shape index (κ1) is 15.9. The summed E-state index contributed by atoms with van der Waals surface area (Å²) in [7, 11) is 0. The molecule has 2 heterocycles. The van der Waals surface area contributed by atoms with Gasteiger partial charge in [0, 0.05) is 23.9 Å². The van der Waals surface area contributed by atoms with Crippen LogP contribution in [0.25, 0.3) is 0 Å². The van der Waals surface area contributed by atoms with Gasteiger partial charge >= 0.3 is 0 Å². The van der Waals surface area contributed by atoms with Gasteiger partial charge in [-0.25, -0.2) is 14.4 Å². The van der Waals surface area contributed by atoms with E-state index in [0.29, 0.717) is 17.5 Å². The number of aromatic nitrogens is 3. The van der Waals surface area contributed by atoms with E-state index in [9.17, 15) is 4.39 Å². The fraction of sp³-hybridized carbons (Fsp3) is 0.167. The third kappa shape index (κ3) is 3.32. The maximum atomic E-state index is 13.1. The zero-order chi connectivity index (χ0) is 17.1. The zero-order valence-electron chi connectivity index (χ0n) is 13.5. The Hall–Kier alpha value is -3.02. The van der Waals surface area contributed by atoms with Crippen LogP contribution >= 0.6 is 0 Å². The summed E-state index contributed by atoms with van der Waals surface area (Å²) in [6.45, 7) is 4.01. The Morgan fingerprint density at radius 1 is 1.12 bits per heavy atom. The molecule has 1 atom stereocenters. The lowest BCUT2D eigenvalue weighted by molar-refractivity contribution is 0.626. The van der Waals surface area contributed by atoms with E-state index >= 15 is 0 Å². The Morgan fingerprint density at radius 2 is 1.88 bits per heavy atom. The summed E-state index contributed by atoms with van der Waals surface area (Å²) < 4.78 is 13.1. The molecule has 0 spiro atoms. The van der Waals surface area contributed by atoms with Crippen molar-refractivity contribution in [3.63, 3.8) is 0 Å². The van der Waals surface area contributed by atoms with Crippen LogP contribution in [-0.2, 0) is 0 Å². The molecule has 3 rings (SSSR count). The molecule has 6 heteroatoms. The van der Waals surface area contributed by atoms with Gasteiger partial charge < -0.3 is 11.1 Å². The van der Waals surface area contributed by atoms with Crippen LogP contribution in [0.1, 0.15) is 29.5 Å². The number of nitrogens with two attached hydrogens (primary N) is 1. The molecule has 122 valence electrons. The number of anilines is 3. The van der Waals surface area contributed by atoms with E-state index in [-0.39, 0.29) is 11.7 Å². The highest BCUT2D eigenvalue weighted by Gasteiger charge is 2.16. The van der Waals surface area contributed by atoms with Crippen LogP contribution in [0.2, 0.25) is 0 Å². The minimum Gasteiger partial charge on any atom is -0.383 e. The predicted molar refractivity (Wildman–Crippen MR) is 92.6 cm³/mol. The molecule has 2 aromatic heterocycles. The summed E-state index contributed by atoms with van der Waals surface area (Å²) >= 11 is 0. The Balaban J connectivity index is 1.91. The van der Waals surface area contributed by atoms with Gasteiger partial charge in [0.05, 0.1) is 6.20 Å². The van der Waals surface area contributed by atoms with Gasteiger partial charge in [0.1, 0.15) is 23.3 Å². The van der Waals surface area contributed by atoms with E-state index < -0.39 is 0 Å². The van der Waals surface area contributed by atoms with E-state index in [1.807, 2.05) is 19.9 Å². The minimum atomic E-state index is -0.253. The van der Waals surface area contributed by atoms with Crippen LogP contribution in [-0.4, -0.2) is 15.0 Å². The Morgan fingerprint density at radius 3 is 2.50 bits per heavy atom. The third-order valence-corrected chi connectivity index (χ3v) is 3.92. The maximum absolute atomic E-state index is 13.1. The number of nitrogen functional groups attached to an aromatic ring is 1. The first-order valence-electron chi connectivity index (χ1n) is 7.60. The highest BCUT2D eigenvalue weighted by Crippen LogP contribution is 2.32. The zero-order valence-corrected chi connectivity index (χ0v) is 13.5. The number of nitrogens with one attached hydrogen (secondary N) is 1. The number of pyridine rings is 1. The molecular weight excluding hydrogens is 305 g/mol. The van der Waals surface area contributed by atoms with Crippen LogP contribution in [0.5, 0.6) is 0 Å². The van der Waals surface area contributed by atoms with Crippen LogP contribution in [0, 0.1) is 12.7 Å². The standard InChI is InChI=1S/C18H18FN5/c1-11-9-15(23-16-10-21-7-8-22-16)24-18(20)17(11)12(2)13-3-5-14(19)6-4-13/h3-10,12H,1-2H3,(H3,20,22,23,24). The number of nitrogens with zero attached hydrogens (tertiary/aromatic N) is 3. The fourth-order valence-corrected chi connectivity index (χ4v) is 2.75. The number of hydrogen-bond acceptors (Lipinski definition) is 5. The molecule has 0 radical (unpaired) electrons. The van der Waals surface area contributed by atoms with Gasteiger partial charge in [-0.15, -0.1) is 0 Å². The largest absolute Gasteiger partial charge is 0.383 e. The number of hydrogen-bond donors (Lipinski definition) is 2. The summed E-state index contributed by atoms with van der Waals surface area (Å²) in [5, 5.41) is 3.08. The Bertz CT molecular complexity index is 811. The molecule has 0 saturated carbocycles. The topological polar surface area (TPSA) is 76.7 Å². The second kappa shape index (κ2) is 6.62. The van der Waals surface area contributed by atoms with Crippen molar-refractivity contribution in [3.8, 4) is 0 Å². The summed E-state index contributed by atoms with van der Waals surface area (Å²) in [6, 6.07) is 8.36. The smallest absolute Gasteiger partial charge is 0.150 e. The molecule has 5 nitrogen and oxygen atoms in total. The number of aryl methyl sites for hydroxylation is 1. The van der Waals surface area contributed by atoms with Crippen LogP contribution in [0.3, 0.4) is 0 Å². The molecule has 0 aliphatic heterocycles. The van der Waals surface area contributed by atoms with Crippen LogP contribution in [0.4, 0.5) is 21.8 Å². The minimum absolute atomic E-state index is 0.0173. The van der Waals surface area contributed by atoms with Gasteiger partial charge in [-0.2, -0.15) is 0 Å². The lowest BCUT2D eigenvalue weighted by Crippen LogP contribution is -2.08. The average molecular weight is 323 g/mol. The third-order valence-electron chi connectivity index (χ3n) is 3.92. The van der Waals surface area contributed by atoms with Crippen molar-refractivity contribution in [2.45, 2.75) is 19.8 Å². The Kier molecular flexibility index (Phi) is 4.37. The normalized spacial score (nSPS) is 12.0. The maximum Gasteiger partial charge on any atom is 0.150 e. The van der Waals surface area contributed by atoms with Gasteiger partial charge in [0.2, 0.25) is 0 Å². The summed E-state index contributed by atoms with van der Waals surface area (Å²) in [5.41, 5.74) is 9.11. The molecule has 0 saturated heterocycles. The molecular formula is C18H18FN5. The van der Waals surface area contributed by atoms with Crippen molar-refractivity contribution >= 4 is 17.5 Å². The van der Waals surface area contributed by atoms with Gasteiger partial charge in [-0.3, -0.25) is 4.98 Å². The molecule has 0 fully saturated rings. The van der Waals surface area contributed by atoms with E-state index in [4.69, 9.17) is 5.73 Å². The highest BCUT2D eigenvalue weighted by atomic mass is 19.1. The van der Waals surface area contributed by atoms with Crippen molar-refractivity contribution < 1.29 is 4.39 Å². The average Bonchev–Trinajstić information content (AvgIpc) is 2.55. The van der Waals surface area contributed by atoms with E-state index in [1.54, 1.807) is 30.7 Å². The summed E-state index contributed by atoms with van der Waals surface area (Å²) in [5.74, 6) is 1.42. The summed E-state index contributed by atoms with van der Waals surface area (Å²) in [4.78, 5) is 12.6. The summed E-state index contributed by atoms with van der Waals surface area (Å²) in [6.07, 6.45) is 4.82. The fourth-order valence-electron chi connectivity index (χ4n) is 2.75. The molecule has 3 aromatic rings. The van der Waals surface area contributed by atoms with Crippen molar-refractivity contribution in [2.24, 2.45) is 0 Å². The van der Waals surface area contributed by atoms with Gasteiger partial charge in [0.15, 0.2) is 0 Å². The molecule has 24 heavy (non-hydrogen) atoms. The number of rotatable bonds is 4. The molecule has 0 bridgehead atoms. The van der Waals surface area contributed by atoms with E-state index in [2.05, 4.69) is 20.3 Å². The molecule has 3 N–H and O–H groups in total. The van der Waals surface area contributed by atoms with Crippen molar-refractivity contribution in [3.05, 3.63) is 71.4 Å². The van der Waals surface area contributed by atoms with Crippen molar-refractivity contribution in [1.29, 1.82) is 0 Å². The highest BCUT2D eigenvalue weighted by molar-refractivity contribution is 5.60. The van der Waals surface area contributed by atoms with E-state index in [1.165, 1.54) is 12.1 Å². The molecule has 0 aliphatic carbocycles. The van der Waals surface area contributed by atoms with Crippen molar-refractivity contribution in [1.82, 2.24) is 15.0 Å². The first-order chi connectivity index (χ1) is 11.5. The van der Waals surface area contributed by atoms with Crippen molar-refractivity contribution in [2.75, 3.05) is 11.1 Å². The quantitative estimate of drug-likeness (QED) is 0.764. The molecule has 1 unspecified atom stereocenters. The molecule has 0 aliphatic rings. The number of halogens is 1. The second-order valence-corrected chi connectivity index (χ2v) is 5.61. The van der Waals surface area contributed by atoms with Gasteiger partial charge in [-0.05, 0) is 36.2 Å². The van der Waals surface area contributed by atoms with E-state index in [0.717, 1.165) is 16.7 Å².